The smallest absolute Gasteiger partial charge is 0.106 e. The van der Waals surface area contributed by atoms with Gasteiger partial charge in [-0.25, -0.2) is 4.98 Å². The molecule has 3 aromatic rings. The number of aromatic nitrogens is 2. The molecule has 108 valence electrons. The van der Waals surface area contributed by atoms with Gasteiger partial charge in [-0.3, -0.25) is 0 Å². The molecule has 3 nitrogen and oxygen atoms in total. The second-order valence-electron chi connectivity index (χ2n) is 5.07. The number of nitrogens with zero attached hydrogens (tertiary/aromatic N) is 2. The van der Waals surface area contributed by atoms with Gasteiger partial charge in [0.25, 0.3) is 0 Å². The first-order valence-corrected chi connectivity index (χ1v) is 7.91. The van der Waals surface area contributed by atoms with E-state index in [1.807, 2.05) is 12.1 Å². The first kappa shape index (κ1) is 14.3. The van der Waals surface area contributed by atoms with Gasteiger partial charge in [-0.05, 0) is 30.7 Å². The summed E-state index contributed by atoms with van der Waals surface area (Å²) in [5, 5.41) is 3.49. The molecule has 0 spiro atoms. The van der Waals surface area contributed by atoms with Crippen molar-refractivity contribution in [2.75, 3.05) is 6.54 Å². The molecule has 1 N–H and O–H groups in total. The third kappa shape index (κ3) is 3.17. The summed E-state index contributed by atoms with van der Waals surface area (Å²) < 4.78 is 3.42. The van der Waals surface area contributed by atoms with Crippen LogP contribution in [0.2, 0.25) is 0 Å². The molecular formula is C17H18BrN3. The predicted octanol–water partition coefficient (Wildman–Crippen LogP) is 3.90. The van der Waals surface area contributed by atoms with Crippen molar-refractivity contribution in [1.82, 2.24) is 14.9 Å². The minimum Gasteiger partial charge on any atom is -0.327 e. The third-order valence-corrected chi connectivity index (χ3v) is 4.40. The quantitative estimate of drug-likeness (QED) is 0.712. The summed E-state index contributed by atoms with van der Waals surface area (Å²) in [7, 11) is 0. The maximum atomic E-state index is 4.59. The summed E-state index contributed by atoms with van der Waals surface area (Å²) in [5.74, 6) is 1.07. The van der Waals surface area contributed by atoms with E-state index in [9.17, 15) is 0 Å². The molecule has 4 heteroatoms. The van der Waals surface area contributed by atoms with Crippen LogP contribution in [0.25, 0.3) is 11.0 Å². The van der Waals surface area contributed by atoms with Crippen LogP contribution in [-0.2, 0) is 13.1 Å². The van der Waals surface area contributed by atoms with E-state index >= 15 is 0 Å². The van der Waals surface area contributed by atoms with Crippen LogP contribution < -0.4 is 5.32 Å². The van der Waals surface area contributed by atoms with Crippen LogP contribution in [0.5, 0.6) is 0 Å². The number of benzene rings is 2. The first-order chi connectivity index (χ1) is 10.3. The molecule has 21 heavy (non-hydrogen) atoms. The number of aryl methyl sites for hydroxylation is 1. The fourth-order valence-corrected chi connectivity index (χ4v) is 2.96. The number of hydrogen-bond acceptors (Lipinski definition) is 2. The molecule has 1 heterocycles. The standard InChI is InChI=1S/C17H18BrN3/c1-13-20-16-8-4-5-9-17(16)21(13)11-10-19-12-14-6-2-3-7-15(14)18/h2-9,19H,10-12H2,1H3. The van der Waals surface area contributed by atoms with Crippen LogP contribution >= 0.6 is 15.9 Å². The number of imidazole rings is 1. The summed E-state index contributed by atoms with van der Waals surface area (Å²) in [6.07, 6.45) is 0. The Labute approximate surface area is 133 Å². The lowest BCUT2D eigenvalue weighted by Crippen LogP contribution is -2.20. The van der Waals surface area contributed by atoms with Crippen molar-refractivity contribution in [2.24, 2.45) is 0 Å². The van der Waals surface area contributed by atoms with Crippen molar-refractivity contribution in [3.05, 3.63) is 64.4 Å². The van der Waals surface area contributed by atoms with E-state index in [0.29, 0.717) is 0 Å². The van der Waals surface area contributed by atoms with Gasteiger partial charge in [0.05, 0.1) is 11.0 Å². The van der Waals surface area contributed by atoms with Crippen molar-refractivity contribution < 1.29 is 0 Å². The fourth-order valence-electron chi connectivity index (χ4n) is 2.53. The topological polar surface area (TPSA) is 29.9 Å². The number of hydrogen-bond donors (Lipinski definition) is 1. The van der Waals surface area contributed by atoms with Crippen LogP contribution in [0.1, 0.15) is 11.4 Å². The van der Waals surface area contributed by atoms with Crippen molar-refractivity contribution >= 4 is 27.0 Å². The first-order valence-electron chi connectivity index (χ1n) is 7.11. The van der Waals surface area contributed by atoms with E-state index in [4.69, 9.17) is 0 Å². The van der Waals surface area contributed by atoms with Crippen molar-refractivity contribution in [2.45, 2.75) is 20.0 Å². The Kier molecular flexibility index (Phi) is 4.36. The molecule has 0 saturated heterocycles. The summed E-state index contributed by atoms with van der Waals surface area (Å²) in [6, 6.07) is 16.6. The Morgan fingerprint density at radius 3 is 2.71 bits per heavy atom. The monoisotopic (exact) mass is 343 g/mol. The number of nitrogens with one attached hydrogen (secondary N) is 1. The normalized spacial score (nSPS) is 11.1. The Morgan fingerprint density at radius 2 is 1.86 bits per heavy atom. The Morgan fingerprint density at radius 1 is 1.10 bits per heavy atom. The van der Waals surface area contributed by atoms with Crippen molar-refractivity contribution in [3.8, 4) is 0 Å². The SMILES string of the molecule is Cc1nc2ccccc2n1CCNCc1ccccc1Br. The third-order valence-electron chi connectivity index (χ3n) is 3.63. The van der Waals surface area contributed by atoms with Crippen LogP contribution in [0, 0.1) is 6.92 Å². The average Bonchev–Trinajstić information content (AvgIpc) is 2.81. The largest absolute Gasteiger partial charge is 0.327 e. The summed E-state index contributed by atoms with van der Waals surface area (Å²) in [4.78, 5) is 4.59. The Balaban J connectivity index is 1.62. The Hall–Kier alpha value is -1.65. The molecule has 1 aromatic heterocycles. The molecule has 0 atom stereocenters. The summed E-state index contributed by atoms with van der Waals surface area (Å²) in [5.41, 5.74) is 3.56. The molecule has 3 rings (SSSR count). The molecule has 0 radical (unpaired) electrons. The lowest BCUT2D eigenvalue weighted by molar-refractivity contribution is 0.597. The van der Waals surface area contributed by atoms with Gasteiger partial charge in [-0.1, -0.05) is 46.3 Å². The van der Waals surface area contributed by atoms with Gasteiger partial charge in [0.2, 0.25) is 0 Å². The fraction of sp³-hybridized carbons (Fsp3) is 0.235. The number of fused-ring (bicyclic) bond motifs is 1. The number of halogens is 1. The summed E-state index contributed by atoms with van der Waals surface area (Å²) >= 11 is 3.58. The van der Waals surface area contributed by atoms with Gasteiger partial charge in [0.15, 0.2) is 0 Å². The molecule has 0 saturated carbocycles. The minimum absolute atomic E-state index is 0.868. The maximum Gasteiger partial charge on any atom is 0.106 e. The van der Waals surface area contributed by atoms with Crippen LogP contribution in [0.15, 0.2) is 53.0 Å². The molecule has 0 aliphatic rings. The van der Waals surface area contributed by atoms with E-state index < -0.39 is 0 Å². The van der Waals surface area contributed by atoms with Crippen LogP contribution in [0.3, 0.4) is 0 Å². The van der Waals surface area contributed by atoms with Gasteiger partial charge < -0.3 is 9.88 Å². The molecule has 0 aliphatic heterocycles. The zero-order chi connectivity index (χ0) is 14.7. The highest BCUT2D eigenvalue weighted by molar-refractivity contribution is 9.10. The van der Waals surface area contributed by atoms with Crippen molar-refractivity contribution in [1.29, 1.82) is 0 Å². The molecule has 0 fully saturated rings. The van der Waals surface area contributed by atoms with E-state index in [1.54, 1.807) is 0 Å². The van der Waals surface area contributed by atoms with Crippen LogP contribution in [0.4, 0.5) is 0 Å². The zero-order valence-electron chi connectivity index (χ0n) is 12.0. The van der Waals surface area contributed by atoms with Gasteiger partial charge in [-0.15, -0.1) is 0 Å². The van der Waals surface area contributed by atoms with E-state index in [-0.39, 0.29) is 0 Å². The molecule has 0 bridgehead atoms. The van der Waals surface area contributed by atoms with Crippen LogP contribution in [-0.4, -0.2) is 16.1 Å². The number of rotatable bonds is 5. The number of para-hydroxylation sites is 2. The minimum atomic E-state index is 0.868. The highest BCUT2D eigenvalue weighted by Crippen LogP contribution is 2.16. The molecule has 2 aromatic carbocycles. The maximum absolute atomic E-state index is 4.59. The lowest BCUT2D eigenvalue weighted by Gasteiger charge is -2.09. The van der Waals surface area contributed by atoms with Gasteiger partial charge in [0, 0.05) is 24.1 Å². The average molecular weight is 344 g/mol. The Bertz CT molecular complexity index is 749. The highest BCUT2D eigenvalue weighted by atomic mass is 79.9. The van der Waals surface area contributed by atoms with Gasteiger partial charge in [0.1, 0.15) is 5.82 Å². The van der Waals surface area contributed by atoms with E-state index in [0.717, 1.165) is 35.4 Å². The zero-order valence-corrected chi connectivity index (χ0v) is 13.6. The predicted molar refractivity (Wildman–Crippen MR) is 90.3 cm³/mol. The second kappa shape index (κ2) is 6.41. The van der Waals surface area contributed by atoms with E-state index in [1.165, 1.54) is 11.1 Å². The molecule has 0 aliphatic carbocycles. The highest BCUT2D eigenvalue weighted by Gasteiger charge is 2.05. The lowest BCUT2D eigenvalue weighted by atomic mass is 10.2. The van der Waals surface area contributed by atoms with Gasteiger partial charge in [-0.2, -0.15) is 0 Å². The molecule has 0 amide bonds. The molecular weight excluding hydrogens is 326 g/mol. The summed E-state index contributed by atoms with van der Waals surface area (Å²) in [6.45, 7) is 4.78. The second-order valence-corrected chi connectivity index (χ2v) is 5.92. The van der Waals surface area contributed by atoms with E-state index in [2.05, 4.69) is 74.1 Å². The van der Waals surface area contributed by atoms with Crippen molar-refractivity contribution in [3.63, 3.8) is 0 Å². The van der Waals surface area contributed by atoms with Gasteiger partial charge >= 0.3 is 0 Å². The molecule has 0 unspecified atom stereocenters.